The predicted molar refractivity (Wildman–Crippen MR) is 41.8 cm³/mol. The van der Waals surface area contributed by atoms with Crippen LogP contribution in [0.2, 0.25) is 0 Å². The van der Waals surface area contributed by atoms with Crippen LogP contribution < -0.4 is 0 Å². The molecule has 12 heavy (non-hydrogen) atoms. The summed E-state index contributed by atoms with van der Waals surface area (Å²) in [6.07, 6.45) is 1.40. The van der Waals surface area contributed by atoms with Crippen LogP contribution in [0.15, 0.2) is 28.6 Å². The molecule has 58 valence electrons. The van der Waals surface area contributed by atoms with Crippen LogP contribution in [-0.4, -0.2) is 4.98 Å². The van der Waals surface area contributed by atoms with E-state index in [2.05, 4.69) is 25.0 Å². The second-order valence-electron chi connectivity index (χ2n) is 1.75. The molecule has 0 radical (unpaired) electrons. The monoisotopic (exact) mass is 161 g/mol. The summed E-state index contributed by atoms with van der Waals surface area (Å²) in [5.74, 6) is 0.183. The molecule has 1 aromatic heterocycles. The number of aromatic nitrogens is 1. The van der Waals surface area contributed by atoms with Crippen molar-refractivity contribution in [3.63, 3.8) is 0 Å². The highest BCUT2D eigenvalue weighted by Gasteiger charge is 1.90. The normalized spacial score (nSPS) is 8.00. The van der Waals surface area contributed by atoms with Crippen LogP contribution in [-0.2, 0) is 0 Å². The van der Waals surface area contributed by atoms with E-state index in [1.165, 1.54) is 18.3 Å². The van der Waals surface area contributed by atoms with E-state index in [4.69, 9.17) is 11.1 Å². The van der Waals surface area contributed by atoms with Gasteiger partial charge >= 0.3 is 0 Å². The average molecular weight is 161 g/mol. The minimum atomic E-state index is 0.183. The third kappa shape index (κ3) is 1.88. The van der Waals surface area contributed by atoms with Crippen LogP contribution in [0.3, 0.4) is 0 Å². The van der Waals surface area contributed by atoms with Crippen molar-refractivity contribution < 1.29 is 0 Å². The zero-order chi connectivity index (χ0) is 8.81. The van der Waals surface area contributed by atoms with E-state index in [-0.39, 0.29) is 5.82 Å². The van der Waals surface area contributed by atoms with Crippen molar-refractivity contribution in [2.45, 2.75) is 0 Å². The summed E-state index contributed by atoms with van der Waals surface area (Å²) >= 11 is 0. The standard InChI is InChI=1S/C5H3N7/c6-11-9-4-1-2-8-5(3-4)10-12-7/h1-3H. The fraction of sp³-hybridized carbons (Fsp3) is 0. The lowest BCUT2D eigenvalue weighted by molar-refractivity contribution is 1.25. The van der Waals surface area contributed by atoms with E-state index >= 15 is 0 Å². The van der Waals surface area contributed by atoms with Gasteiger partial charge in [0.1, 0.15) is 5.82 Å². The van der Waals surface area contributed by atoms with Crippen molar-refractivity contribution in [3.8, 4) is 0 Å². The Balaban J connectivity index is 3.11. The quantitative estimate of drug-likeness (QED) is 0.370. The highest BCUT2D eigenvalue weighted by atomic mass is 15.2. The van der Waals surface area contributed by atoms with E-state index in [0.717, 1.165) is 0 Å². The topological polar surface area (TPSA) is 110 Å². The van der Waals surface area contributed by atoms with Crippen LogP contribution >= 0.6 is 0 Å². The molecule has 1 rings (SSSR count). The van der Waals surface area contributed by atoms with Crippen LogP contribution in [0.5, 0.6) is 0 Å². The van der Waals surface area contributed by atoms with E-state index in [1.807, 2.05) is 0 Å². The first kappa shape index (κ1) is 7.87. The van der Waals surface area contributed by atoms with Crippen LogP contribution in [0.4, 0.5) is 11.5 Å². The smallest absolute Gasteiger partial charge is 0.127 e. The van der Waals surface area contributed by atoms with Crippen LogP contribution in [0.1, 0.15) is 0 Å². The van der Waals surface area contributed by atoms with Crippen molar-refractivity contribution in [1.82, 2.24) is 4.98 Å². The van der Waals surface area contributed by atoms with E-state index in [1.54, 1.807) is 0 Å². The SMILES string of the molecule is [N-]=[N+]=Nc1ccnc(N=[N+]=[N-])c1. The molecular weight excluding hydrogens is 158 g/mol. The van der Waals surface area contributed by atoms with Crippen molar-refractivity contribution in [3.05, 3.63) is 39.2 Å². The molecular formula is C5H3N7. The first-order chi connectivity index (χ1) is 5.86. The summed E-state index contributed by atoms with van der Waals surface area (Å²) in [5, 5.41) is 6.54. The first-order valence-corrected chi connectivity index (χ1v) is 2.93. The zero-order valence-electron chi connectivity index (χ0n) is 5.86. The molecule has 7 heteroatoms. The molecule has 0 N–H and O–H groups in total. The number of azide groups is 2. The van der Waals surface area contributed by atoms with Gasteiger partial charge in [-0.3, -0.25) is 4.98 Å². The van der Waals surface area contributed by atoms with Gasteiger partial charge in [0, 0.05) is 21.7 Å². The zero-order valence-corrected chi connectivity index (χ0v) is 5.86. The van der Waals surface area contributed by atoms with Crippen molar-refractivity contribution in [2.24, 2.45) is 10.2 Å². The Hall–Kier alpha value is -2.23. The Labute approximate surface area is 66.9 Å². The van der Waals surface area contributed by atoms with Crippen molar-refractivity contribution in [2.75, 3.05) is 0 Å². The molecule has 0 aromatic carbocycles. The minimum absolute atomic E-state index is 0.183. The number of hydrogen-bond donors (Lipinski definition) is 0. The van der Waals surface area contributed by atoms with Gasteiger partial charge in [0.2, 0.25) is 0 Å². The largest absolute Gasteiger partial charge is 0.255 e. The molecule has 0 amide bonds. The summed E-state index contributed by atoms with van der Waals surface area (Å²) in [6, 6.07) is 2.90. The molecule has 0 saturated carbocycles. The predicted octanol–water partition coefficient (Wildman–Crippen LogP) is 2.97. The lowest BCUT2D eigenvalue weighted by atomic mass is 10.4. The number of rotatable bonds is 2. The van der Waals surface area contributed by atoms with Gasteiger partial charge in [-0.1, -0.05) is 5.11 Å². The summed E-state index contributed by atoms with van der Waals surface area (Å²) in [6.45, 7) is 0. The van der Waals surface area contributed by atoms with Crippen molar-refractivity contribution >= 4 is 11.5 Å². The molecule has 0 bridgehead atoms. The summed E-state index contributed by atoms with van der Waals surface area (Å²) in [5.41, 5.74) is 16.5. The van der Waals surface area contributed by atoms with Crippen LogP contribution in [0.25, 0.3) is 20.9 Å². The molecule has 0 atom stereocenters. The van der Waals surface area contributed by atoms with Crippen LogP contribution in [0, 0.1) is 0 Å². The van der Waals surface area contributed by atoms with Gasteiger partial charge in [-0.05, 0) is 28.3 Å². The van der Waals surface area contributed by atoms with Gasteiger partial charge in [0.15, 0.2) is 0 Å². The summed E-state index contributed by atoms with van der Waals surface area (Å²) in [7, 11) is 0. The number of nitrogens with zero attached hydrogens (tertiary/aromatic N) is 7. The van der Waals surface area contributed by atoms with Crippen molar-refractivity contribution in [1.29, 1.82) is 0 Å². The maximum Gasteiger partial charge on any atom is 0.127 e. The molecule has 1 heterocycles. The third-order valence-corrected chi connectivity index (χ3v) is 1.04. The van der Waals surface area contributed by atoms with Gasteiger partial charge in [-0.25, -0.2) is 0 Å². The van der Waals surface area contributed by atoms with Gasteiger partial charge < -0.3 is 0 Å². The van der Waals surface area contributed by atoms with E-state index < -0.39 is 0 Å². The highest BCUT2D eigenvalue weighted by molar-refractivity contribution is 5.44. The molecule has 0 aliphatic rings. The Bertz CT molecular complexity index is 338. The molecule has 0 aliphatic carbocycles. The molecule has 7 nitrogen and oxygen atoms in total. The maximum atomic E-state index is 8.07. The molecule has 0 unspecified atom stereocenters. The van der Waals surface area contributed by atoms with E-state index in [9.17, 15) is 0 Å². The number of pyridine rings is 1. The fourth-order valence-electron chi connectivity index (χ4n) is 0.622. The Morgan fingerprint density at radius 2 is 2.00 bits per heavy atom. The number of hydrogen-bond acceptors (Lipinski definition) is 3. The molecule has 0 saturated heterocycles. The Morgan fingerprint density at radius 3 is 2.67 bits per heavy atom. The maximum absolute atomic E-state index is 8.07. The summed E-state index contributed by atoms with van der Waals surface area (Å²) in [4.78, 5) is 8.81. The van der Waals surface area contributed by atoms with Gasteiger partial charge in [0.25, 0.3) is 0 Å². The van der Waals surface area contributed by atoms with Gasteiger partial charge in [-0.2, -0.15) is 0 Å². The lowest BCUT2D eigenvalue weighted by Gasteiger charge is -1.90. The fourth-order valence-corrected chi connectivity index (χ4v) is 0.622. The minimum Gasteiger partial charge on any atom is -0.255 e. The van der Waals surface area contributed by atoms with Gasteiger partial charge in [0.05, 0.1) is 0 Å². The first-order valence-electron chi connectivity index (χ1n) is 2.93. The average Bonchev–Trinajstić information content (AvgIpc) is 2.06. The third-order valence-electron chi connectivity index (χ3n) is 1.04. The molecule has 0 fully saturated rings. The highest BCUT2D eigenvalue weighted by Crippen LogP contribution is 2.17. The Morgan fingerprint density at radius 1 is 1.25 bits per heavy atom. The lowest BCUT2D eigenvalue weighted by Crippen LogP contribution is -1.69. The molecule has 0 aliphatic heterocycles. The Kier molecular flexibility index (Phi) is 2.51. The molecule has 0 spiro atoms. The summed E-state index contributed by atoms with van der Waals surface area (Å²) < 4.78 is 0. The molecule has 1 aromatic rings. The second kappa shape index (κ2) is 3.82. The second-order valence-corrected chi connectivity index (χ2v) is 1.75. The van der Waals surface area contributed by atoms with E-state index in [0.29, 0.717) is 5.69 Å². The van der Waals surface area contributed by atoms with Gasteiger partial charge in [-0.15, -0.1) is 0 Å².